The van der Waals surface area contributed by atoms with Gasteiger partial charge in [0.1, 0.15) is 4.64 Å². The molecule has 1 fully saturated rings. The van der Waals surface area contributed by atoms with E-state index >= 15 is 0 Å². The largest absolute Gasteiger partial charge is 0.392 e. The quantitative estimate of drug-likeness (QED) is 0.779. The van der Waals surface area contributed by atoms with Gasteiger partial charge < -0.3 is 9.67 Å². The molecular weight excluding hydrogens is 206 g/mol. The van der Waals surface area contributed by atoms with Gasteiger partial charge in [-0.2, -0.15) is 0 Å². The van der Waals surface area contributed by atoms with Crippen LogP contribution in [-0.2, 0) is 6.61 Å². The molecule has 2 nitrogen and oxygen atoms in total. The summed E-state index contributed by atoms with van der Waals surface area (Å²) in [6.07, 6.45) is 8.46. The number of pyridine rings is 1. The maximum Gasteiger partial charge on any atom is 0.111 e. The van der Waals surface area contributed by atoms with Crippen LogP contribution in [0.25, 0.3) is 0 Å². The van der Waals surface area contributed by atoms with Crippen molar-refractivity contribution in [2.24, 2.45) is 0 Å². The molecule has 0 amide bonds. The first-order chi connectivity index (χ1) is 7.33. The van der Waals surface area contributed by atoms with Gasteiger partial charge in [-0.15, -0.1) is 0 Å². The van der Waals surface area contributed by atoms with Crippen molar-refractivity contribution in [1.29, 1.82) is 0 Å². The molecule has 1 saturated carbocycles. The molecule has 15 heavy (non-hydrogen) atoms. The zero-order valence-corrected chi connectivity index (χ0v) is 9.67. The average molecular weight is 223 g/mol. The van der Waals surface area contributed by atoms with E-state index in [0.29, 0.717) is 6.04 Å². The monoisotopic (exact) mass is 223 g/mol. The van der Waals surface area contributed by atoms with Gasteiger partial charge in [0.05, 0.1) is 6.61 Å². The molecule has 1 aromatic heterocycles. The van der Waals surface area contributed by atoms with Crippen molar-refractivity contribution in [3.8, 4) is 0 Å². The lowest BCUT2D eigenvalue weighted by molar-refractivity contribution is 0.277. The molecule has 1 heterocycles. The van der Waals surface area contributed by atoms with Crippen LogP contribution in [-0.4, -0.2) is 9.67 Å². The summed E-state index contributed by atoms with van der Waals surface area (Å²) in [7, 11) is 0. The van der Waals surface area contributed by atoms with Crippen molar-refractivity contribution in [3.63, 3.8) is 0 Å². The fourth-order valence-corrected chi connectivity index (χ4v) is 2.67. The van der Waals surface area contributed by atoms with E-state index in [1.165, 1.54) is 32.1 Å². The van der Waals surface area contributed by atoms with E-state index in [1.807, 2.05) is 12.1 Å². The van der Waals surface area contributed by atoms with Gasteiger partial charge in [0, 0.05) is 17.8 Å². The van der Waals surface area contributed by atoms with Crippen molar-refractivity contribution in [2.75, 3.05) is 0 Å². The number of aliphatic hydroxyl groups is 1. The van der Waals surface area contributed by atoms with Gasteiger partial charge in [-0.1, -0.05) is 37.5 Å². The number of hydrogen-bond acceptors (Lipinski definition) is 2. The first kappa shape index (κ1) is 10.8. The van der Waals surface area contributed by atoms with Crippen molar-refractivity contribution >= 4 is 12.2 Å². The van der Waals surface area contributed by atoms with E-state index in [9.17, 15) is 0 Å². The first-order valence-electron chi connectivity index (χ1n) is 5.64. The van der Waals surface area contributed by atoms with E-state index in [0.717, 1.165) is 10.2 Å². The highest BCUT2D eigenvalue weighted by atomic mass is 32.1. The lowest BCUT2D eigenvalue weighted by atomic mass is 9.95. The minimum atomic E-state index is 0.0480. The summed E-state index contributed by atoms with van der Waals surface area (Å²) in [6.45, 7) is 0.0480. The third-order valence-corrected chi connectivity index (χ3v) is 3.66. The molecule has 82 valence electrons. The molecular formula is C12H17NOS. The summed E-state index contributed by atoms with van der Waals surface area (Å²) < 4.78 is 2.98. The standard InChI is InChI=1S/C12H17NOS/c14-9-10-5-4-8-13(12(10)15)11-6-2-1-3-7-11/h4-5,8,11,14H,1-3,6-7,9H2. The van der Waals surface area contributed by atoms with Crippen LogP contribution < -0.4 is 0 Å². The summed E-state index contributed by atoms with van der Waals surface area (Å²) in [5, 5.41) is 9.16. The van der Waals surface area contributed by atoms with Gasteiger partial charge in [-0.3, -0.25) is 0 Å². The van der Waals surface area contributed by atoms with Crippen LogP contribution in [0.3, 0.4) is 0 Å². The Balaban J connectivity index is 2.30. The highest BCUT2D eigenvalue weighted by Gasteiger charge is 2.15. The third kappa shape index (κ3) is 2.29. The van der Waals surface area contributed by atoms with Gasteiger partial charge >= 0.3 is 0 Å². The molecule has 1 aliphatic rings. The van der Waals surface area contributed by atoms with Crippen molar-refractivity contribution in [2.45, 2.75) is 44.8 Å². The lowest BCUT2D eigenvalue weighted by Gasteiger charge is -2.25. The zero-order valence-electron chi connectivity index (χ0n) is 8.85. The van der Waals surface area contributed by atoms with Crippen molar-refractivity contribution in [3.05, 3.63) is 28.5 Å². The summed E-state index contributed by atoms with van der Waals surface area (Å²) in [6, 6.07) is 4.44. The van der Waals surface area contributed by atoms with Gasteiger partial charge in [-0.25, -0.2) is 0 Å². The number of aromatic nitrogens is 1. The second kappa shape index (κ2) is 4.90. The van der Waals surface area contributed by atoms with Gasteiger partial charge in [0.2, 0.25) is 0 Å². The molecule has 0 unspecified atom stereocenters. The van der Waals surface area contributed by atoms with Gasteiger partial charge in [0.15, 0.2) is 0 Å². The number of nitrogens with zero attached hydrogens (tertiary/aromatic N) is 1. The van der Waals surface area contributed by atoms with E-state index in [-0.39, 0.29) is 6.61 Å². The van der Waals surface area contributed by atoms with Crippen LogP contribution in [0.5, 0.6) is 0 Å². The number of rotatable bonds is 2. The van der Waals surface area contributed by atoms with E-state index in [2.05, 4.69) is 10.8 Å². The molecule has 3 heteroatoms. The SMILES string of the molecule is OCc1cccn(C2CCCCC2)c1=S. The zero-order chi connectivity index (χ0) is 10.7. The highest BCUT2D eigenvalue weighted by Crippen LogP contribution is 2.28. The Kier molecular flexibility index (Phi) is 3.54. The maximum absolute atomic E-state index is 9.16. The molecule has 1 aromatic rings. The minimum Gasteiger partial charge on any atom is -0.392 e. The Morgan fingerprint density at radius 2 is 2.07 bits per heavy atom. The Hall–Kier alpha value is -0.670. The van der Waals surface area contributed by atoms with Crippen molar-refractivity contribution in [1.82, 2.24) is 4.57 Å². The second-order valence-corrected chi connectivity index (χ2v) is 4.58. The van der Waals surface area contributed by atoms with Crippen LogP contribution in [0.2, 0.25) is 0 Å². The molecule has 0 radical (unpaired) electrons. The third-order valence-electron chi connectivity index (χ3n) is 3.19. The summed E-state index contributed by atoms with van der Waals surface area (Å²) >= 11 is 5.37. The summed E-state index contributed by atoms with van der Waals surface area (Å²) in [4.78, 5) is 0. The van der Waals surface area contributed by atoms with Crippen LogP contribution >= 0.6 is 12.2 Å². The Bertz CT molecular complexity index is 379. The number of aliphatic hydroxyl groups excluding tert-OH is 1. The van der Waals surface area contributed by atoms with E-state index in [1.54, 1.807) is 0 Å². The topological polar surface area (TPSA) is 25.2 Å². The van der Waals surface area contributed by atoms with Crippen LogP contribution in [0, 0.1) is 4.64 Å². The fraction of sp³-hybridized carbons (Fsp3) is 0.583. The molecule has 0 atom stereocenters. The predicted octanol–water partition coefficient (Wildman–Crippen LogP) is 3.22. The summed E-state index contributed by atoms with van der Waals surface area (Å²) in [5.41, 5.74) is 0.873. The Morgan fingerprint density at radius 3 is 2.73 bits per heavy atom. The molecule has 0 bridgehead atoms. The predicted molar refractivity (Wildman–Crippen MR) is 63.3 cm³/mol. The second-order valence-electron chi connectivity index (χ2n) is 4.20. The molecule has 2 rings (SSSR count). The number of hydrogen-bond donors (Lipinski definition) is 1. The highest BCUT2D eigenvalue weighted by molar-refractivity contribution is 7.71. The van der Waals surface area contributed by atoms with Crippen LogP contribution in [0.15, 0.2) is 18.3 Å². The molecule has 0 aliphatic heterocycles. The first-order valence-corrected chi connectivity index (χ1v) is 6.04. The maximum atomic E-state index is 9.16. The Morgan fingerprint density at radius 1 is 1.33 bits per heavy atom. The van der Waals surface area contributed by atoms with Gasteiger partial charge in [0.25, 0.3) is 0 Å². The van der Waals surface area contributed by atoms with E-state index < -0.39 is 0 Å². The molecule has 0 spiro atoms. The smallest absolute Gasteiger partial charge is 0.111 e. The van der Waals surface area contributed by atoms with E-state index in [4.69, 9.17) is 17.3 Å². The molecule has 0 saturated heterocycles. The molecule has 1 aliphatic carbocycles. The molecule has 0 aromatic carbocycles. The summed E-state index contributed by atoms with van der Waals surface area (Å²) in [5.74, 6) is 0. The Labute approximate surface area is 95.6 Å². The normalized spacial score (nSPS) is 17.9. The average Bonchev–Trinajstić information content (AvgIpc) is 2.30. The minimum absolute atomic E-state index is 0.0480. The van der Waals surface area contributed by atoms with Crippen LogP contribution in [0.1, 0.15) is 43.7 Å². The molecule has 1 N–H and O–H groups in total. The lowest BCUT2D eigenvalue weighted by Crippen LogP contribution is -2.14. The van der Waals surface area contributed by atoms with Gasteiger partial charge in [-0.05, 0) is 18.9 Å². The van der Waals surface area contributed by atoms with Crippen molar-refractivity contribution < 1.29 is 5.11 Å². The van der Waals surface area contributed by atoms with Crippen LogP contribution in [0.4, 0.5) is 0 Å². The fourth-order valence-electron chi connectivity index (χ4n) is 2.32.